The van der Waals surface area contributed by atoms with Crippen molar-refractivity contribution in [1.29, 1.82) is 0 Å². The molecule has 0 aliphatic heterocycles. The molecule has 0 unspecified atom stereocenters. The normalized spacial score (nSPS) is 10.5. The molecule has 0 aliphatic rings. The van der Waals surface area contributed by atoms with Crippen LogP contribution in [0.1, 0.15) is 16.7 Å². The standard InChI is InChI=1S/C21H19FN2O/c1-16-7-8-20(19(22)13-16)23-21(25)15-24-11-9-18(10-12-24)14-17-5-3-2-4-6-17/h2-13H,14-15H2,1H3/p+1. The van der Waals surface area contributed by atoms with Crippen molar-refractivity contribution in [3.63, 3.8) is 0 Å². The van der Waals surface area contributed by atoms with Crippen molar-refractivity contribution in [2.45, 2.75) is 19.9 Å². The number of amides is 1. The summed E-state index contributed by atoms with van der Waals surface area (Å²) in [5, 5.41) is 2.61. The second kappa shape index (κ2) is 7.71. The Balaban J connectivity index is 1.60. The van der Waals surface area contributed by atoms with Crippen LogP contribution < -0.4 is 9.88 Å². The van der Waals surface area contributed by atoms with E-state index in [1.807, 2.05) is 49.6 Å². The van der Waals surface area contributed by atoms with Crippen molar-refractivity contribution in [1.82, 2.24) is 0 Å². The molecule has 0 bridgehead atoms. The van der Waals surface area contributed by atoms with Crippen LogP contribution >= 0.6 is 0 Å². The van der Waals surface area contributed by atoms with Gasteiger partial charge in [-0.2, -0.15) is 4.57 Å². The Morgan fingerprint density at radius 2 is 1.68 bits per heavy atom. The Bertz CT molecular complexity index is 861. The SMILES string of the molecule is Cc1ccc(NC(=O)C[n+]2ccc(Cc3ccccc3)cc2)c(F)c1. The van der Waals surface area contributed by atoms with Crippen LogP contribution in [0, 0.1) is 12.7 Å². The maximum absolute atomic E-state index is 13.8. The molecule has 4 heteroatoms. The van der Waals surface area contributed by atoms with Crippen LogP contribution in [0.4, 0.5) is 10.1 Å². The Labute approximate surface area is 146 Å². The summed E-state index contributed by atoms with van der Waals surface area (Å²) in [7, 11) is 0. The molecule has 0 fully saturated rings. The highest BCUT2D eigenvalue weighted by molar-refractivity contribution is 5.89. The van der Waals surface area contributed by atoms with Gasteiger partial charge < -0.3 is 5.32 Å². The smallest absolute Gasteiger partial charge is 0.290 e. The molecule has 126 valence electrons. The number of pyridine rings is 1. The van der Waals surface area contributed by atoms with E-state index in [0.717, 1.165) is 12.0 Å². The maximum Gasteiger partial charge on any atom is 0.290 e. The Morgan fingerprint density at radius 3 is 2.36 bits per heavy atom. The Hall–Kier alpha value is -3.01. The van der Waals surface area contributed by atoms with E-state index in [9.17, 15) is 9.18 Å². The summed E-state index contributed by atoms with van der Waals surface area (Å²) < 4.78 is 15.6. The van der Waals surface area contributed by atoms with Gasteiger partial charge in [0.1, 0.15) is 5.82 Å². The minimum atomic E-state index is -0.420. The number of aromatic nitrogens is 1. The lowest BCUT2D eigenvalue weighted by atomic mass is 10.1. The molecule has 0 saturated carbocycles. The van der Waals surface area contributed by atoms with Gasteiger partial charge in [0, 0.05) is 12.1 Å². The molecule has 0 saturated heterocycles. The number of rotatable bonds is 5. The van der Waals surface area contributed by atoms with Crippen molar-refractivity contribution in [2.75, 3.05) is 5.32 Å². The van der Waals surface area contributed by atoms with Gasteiger partial charge in [-0.25, -0.2) is 4.39 Å². The Kier molecular flexibility index (Phi) is 5.19. The van der Waals surface area contributed by atoms with Crippen LogP contribution in [0.15, 0.2) is 73.1 Å². The molecule has 1 amide bonds. The van der Waals surface area contributed by atoms with E-state index in [2.05, 4.69) is 17.4 Å². The van der Waals surface area contributed by atoms with Crippen molar-refractivity contribution >= 4 is 11.6 Å². The number of hydrogen-bond acceptors (Lipinski definition) is 1. The number of anilines is 1. The van der Waals surface area contributed by atoms with E-state index in [-0.39, 0.29) is 18.1 Å². The van der Waals surface area contributed by atoms with Gasteiger partial charge in [-0.15, -0.1) is 0 Å². The van der Waals surface area contributed by atoms with E-state index < -0.39 is 5.82 Å². The molecular weight excluding hydrogens is 315 g/mol. The monoisotopic (exact) mass is 335 g/mol. The fourth-order valence-electron chi connectivity index (χ4n) is 2.62. The number of aryl methyl sites for hydroxylation is 1. The van der Waals surface area contributed by atoms with Gasteiger partial charge in [-0.1, -0.05) is 36.4 Å². The van der Waals surface area contributed by atoms with Crippen LogP contribution in [-0.4, -0.2) is 5.91 Å². The third-order valence-corrected chi connectivity index (χ3v) is 3.94. The molecule has 1 N–H and O–H groups in total. The molecular formula is C21H20FN2O+. The zero-order valence-corrected chi connectivity index (χ0v) is 14.1. The van der Waals surface area contributed by atoms with Gasteiger partial charge in [0.25, 0.3) is 5.91 Å². The number of benzene rings is 2. The summed E-state index contributed by atoms with van der Waals surface area (Å²) in [6.07, 6.45) is 4.58. The highest BCUT2D eigenvalue weighted by atomic mass is 19.1. The third-order valence-electron chi connectivity index (χ3n) is 3.94. The van der Waals surface area contributed by atoms with E-state index in [1.54, 1.807) is 16.7 Å². The number of nitrogens with zero attached hydrogens (tertiary/aromatic N) is 1. The summed E-state index contributed by atoms with van der Waals surface area (Å²) in [5.74, 6) is -0.680. The zero-order chi connectivity index (χ0) is 17.6. The quantitative estimate of drug-likeness (QED) is 0.709. The number of nitrogens with one attached hydrogen (secondary N) is 1. The fourth-order valence-corrected chi connectivity index (χ4v) is 2.62. The lowest BCUT2D eigenvalue weighted by molar-refractivity contribution is -0.684. The van der Waals surface area contributed by atoms with Crippen LogP contribution in [0.3, 0.4) is 0 Å². The molecule has 3 aromatic rings. The van der Waals surface area contributed by atoms with Gasteiger partial charge in [0.2, 0.25) is 6.54 Å². The molecule has 0 radical (unpaired) electrons. The molecule has 0 atom stereocenters. The number of hydrogen-bond donors (Lipinski definition) is 1. The van der Waals surface area contributed by atoms with Crippen LogP contribution in [0.2, 0.25) is 0 Å². The molecule has 1 aromatic heterocycles. The summed E-state index contributed by atoms with van der Waals surface area (Å²) in [6, 6.07) is 19.0. The zero-order valence-electron chi connectivity index (χ0n) is 14.1. The number of halogens is 1. The van der Waals surface area contributed by atoms with Gasteiger partial charge >= 0.3 is 0 Å². The molecule has 3 rings (SSSR count). The summed E-state index contributed by atoms with van der Waals surface area (Å²) in [5.41, 5.74) is 3.44. The molecule has 2 aromatic carbocycles. The number of carbonyl (C=O) groups is 1. The average molecular weight is 335 g/mol. The lowest BCUT2D eigenvalue weighted by Gasteiger charge is -2.05. The van der Waals surface area contributed by atoms with Crippen molar-refractivity contribution < 1.29 is 13.8 Å². The first-order chi connectivity index (χ1) is 12.1. The largest absolute Gasteiger partial charge is 0.318 e. The van der Waals surface area contributed by atoms with Gasteiger partial charge in [0.05, 0.1) is 5.69 Å². The highest BCUT2D eigenvalue weighted by Crippen LogP contribution is 2.15. The topological polar surface area (TPSA) is 33.0 Å². The summed E-state index contributed by atoms with van der Waals surface area (Å²) >= 11 is 0. The third kappa shape index (κ3) is 4.73. The molecule has 3 nitrogen and oxygen atoms in total. The first kappa shape index (κ1) is 16.8. The predicted octanol–water partition coefficient (Wildman–Crippen LogP) is 3.65. The first-order valence-corrected chi connectivity index (χ1v) is 8.18. The minimum Gasteiger partial charge on any atom is -0.318 e. The fraction of sp³-hybridized carbons (Fsp3) is 0.143. The average Bonchev–Trinajstić information content (AvgIpc) is 2.60. The Morgan fingerprint density at radius 1 is 1.00 bits per heavy atom. The van der Waals surface area contributed by atoms with E-state index in [1.165, 1.54) is 17.2 Å². The second-order valence-electron chi connectivity index (χ2n) is 6.07. The van der Waals surface area contributed by atoms with Crippen molar-refractivity contribution in [3.05, 3.63) is 95.6 Å². The molecule has 0 aliphatic carbocycles. The molecule has 1 heterocycles. The molecule has 25 heavy (non-hydrogen) atoms. The van der Waals surface area contributed by atoms with Gasteiger partial charge in [-0.05, 0) is 42.2 Å². The van der Waals surface area contributed by atoms with Crippen LogP contribution in [0.25, 0.3) is 0 Å². The summed E-state index contributed by atoms with van der Waals surface area (Å²) in [4.78, 5) is 12.1. The maximum atomic E-state index is 13.8. The van der Waals surface area contributed by atoms with Gasteiger partial charge in [0.15, 0.2) is 12.4 Å². The number of carbonyl (C=O) groups excluding carboxylic acids is 1. The van der Waals surface area contributed by atoms with E-state index in [0.29, 0.717) is 0 Å². The highest BCUT2D eigenvalue weighted by Gasteiger charge is 2.12. The van der Waals surface area contributed by atoms with E-state index in [4.69, 9.17) is 0 Å². The van der Waals surface area contributed by atoms with Gasteiger partial charge in [-0.3, -0.25) is 4.79 Å². The minimum absolute atomic E-state index is 0.138. The molecule has 0 spiro atoms. The van der Waals surface area contributed by atoms with Crippen LogP contribution in [0.5, 0.6) is 0 Å². The predicted molar refractivity (Wildman–Crippen MR) is 95.7 cm³/mol. The van der Waals surface area contributed by atoms with Crippen molar-refractivity contribution in [2.24, 2.45) is 0 Å². The summed E-state index contributed by atoms with van der Waals surface area (Å²) in [6.45, 7) is 1.94. The van der Waals surface area contributed by atoms with Crippen molar-refractivity contribution in [3.8, 4) is 0 Å². The first-order valence-electron chi connectivity index (χ1n) is 8.18. The van der Waals surface area contributed by atoms with Crippen LogP contribution in [-0.2, 0) is 17.8 Å². The lowest BCUT2D eigenvalue weighted by Crippen LogP contribution is -2.39. The second-order valence-corrected chi connectivity index (χ2v) is 6.07. The van der Waals surface area contributed by atoms with E-state index >= 15 is 0 Å².